The molecule has 34 heavy (non-hydrogen) atoms. The lowest BCUT2D eigenvalue weighted by molar-refractivity contribution is -0.143. The predicted molar refractivity (Wildman–Crippen MR) is 128 cm³/mol. The first-order valence-electron chi connectivity index (χ1n) is 12.8. The topological polar surface area (TPSA) is 127 Å². The van der Waals surface area contributed by atoms with Crippen LogP contribution in [0.1, 0.15) is 79.6 Å². The van der Waals surface area contributed by atoms with E-state index in [1.54, 1.807) is 17.0 Å². The van der Waals surface area contributed by atoms with Gasteiger partial charge in [-0.3, -0.25) is 14.5 Å². The van der Waals surface area contributed by atoms with Gasteiger partial charge in [0.15, 0.2) is 6.10 Å². The summed E-state index contributed by atoms with van der Waals surface area (Å²) in [4.78, 5) is 28.7. The zero-order valence-electron chi connectivity index (χ0n) is 19.9. The minimum atomic E-state index is -1.36. The maximum absolute atomic E-state index is 12.8. The molecule has 0 radical (unpaired) electrons. The maximum Gasteiger partial charge on any atom is 0.253 e. The molecule has 8 heteroatoms. The smallest absolute Gasteiger partial charge is 0.253 e. The molecule has 3 atom stereocenters. The van der Waals surface area contributed by atoms with Crippen LogP contribution in [0.15, 0.2) is 18.2 Å². The lowest BCUT2D eigenvalue weighted by Crippen LogP contribution is -2.50. The Morgan fingerprint density at radius 3 is 2.38 bits per heavy atom. The van der Waals surface area contributed by atoms with Gasteiger partial charge in [0.1, 0.15) is 5.75 Å². The highest BCUT2D eigenvalue weighted by Gasteiger charge is 2.42. The summed E-state index contributed by atoms with van der Waals surface area (Å²) in [5.74, 6) is -0.345. The van der Waals surface area contributed by atoms with E-state index in [2.05, 4.69) is 4.90 Å². The number of fused-ring (bicyclic) bond motifs is 2. The number of nitrogens with zero attached hydrogens (tertiary/aromatic N) is 2. The predicted octanol–water partition coefficient (Wildman–Crippen LogP) is 1.96. The molecule has 1 aliphatic carbocycles. The number of rotatable bonds is 9. The van der Waals surface area contributed by atoms with Gasteiger partial charge in [0, 0.05) is 31.7 Å². The second-order valence-electron chi connectivity index (χ2n) is 10.4. The fourth-order valence-electron chi connectivity index (χ4n) is 6.48. The molecule has 1 aromatic rings. The van der Waals surface area contributed by atoms with Gasteiger partial charge in [-0.1, -0.05) is 31.4 Å². The van der Waals surface area contributed by atoms with E-state index in [4.69, 9.17) is 5.73 Å². The molecule has 3 fully saturated rings. The van der Waals surface area contributed by atoms with E-state index in [9.17, 15) is 24.9 Å². The van der Waals surface area contributed by atoms with Crippen molar-refractivity contribution in [1.82, 2.24) is 9.80 Å². The largest absolute Gasteiger partial charge is 0.507 e. The van der Waals surface area contributed by atoms with Gasteiger partial charge >= 0.3 is 0 Å². The zero-order valence-corrected chi connectivity index (χ0v) is 19.9. The first-order chi connectivity index (χ1) is 16.4. The third kappa shape index (κ3) is 5.39. The van der Waals surface area contributed by atoms with E-state index in [0.29, 0.717) is 31.1 Å². The van der Waals surface area contributed by atoms with Gasteiger partial charge < -0.3 is 26.0 Å². The summed E-state index contributed by atoms with van der Waals surface area (Å²) in [5.41, 5.74) is 6.39. The van der Waals surface area contributed by atoms with Crippen LogP contribution in [0.5, 0.6) is 5.75 Å². The lowest BCUT2D eigenvalue weighted by Gasteiger charge is -2.41. The number of primary amides is 1. The summed E-state index contributed by atoms with van der Waals surface area (Å²) in [7, 11) is 0. The normalized spacial score (nSPS) is 26.4. The van der Waals surface area contributed by atoms with Gasteiger partial charge in [-0.2, -0.15) is 0 Å². The Kier molecular flexibility index (Phi) is 8.11. The van der Waals surface area contributed by atoms with E-state index >= 15 is 0 Å². The van der Waals surface area contributed by atoms with E-state index < -0.39 is 18.6 Å². The number of phenols is 1. The van der Waals surface area contributed by atoms with E-state index in [-0.39, 0.29) is 23.1 Å². The maximum atomic E-state index is 12.8. The molecule has 2 bridgehead atoms. The average Bonchev–Trinajstić information content (AvgIpc) is 3.07. The van der Waals surface area contributed by atoms with Gasteiger partial charge in [-0.05, 0) is 62.0 Å². The molecule has 3 aliphatic rings. The van der Waals surface area contributed by atoms with Gasteiger partial charge in [0.05, 0.1) is 12.2 Å². The van der Waals surface area contributed by atoms with Gasteiger partial charge in [-0.15, -0.1) is 0 Å². The number of hydrogen-bond acceptors (Lipinski definition) is 6. The Bertz CT molecular complexity index is 858. The first kappa shape index (κ1) is 24.9. The Balaban J connectivity index is 1.41. The molecule has 2 saturated heterocycles. The number of aliphatic hydroxyl groups excluding tert-OH is 2. The van der Waals surface area contributed by atoms with Crippen molar-refractivity contribution >= 4 is 11.8 Å². The van der Waals surface area contributed by atoms with Gasteiger partial charge in [0.2, 0.25) is 0 Å². The number of amides is 2. The molecule has 2 amide bonds. The fraction of sp³-hybridized carbons (Fsp3) is 0.692. The molecule has 8 nitrogen and oxygen atoms in total. The number of benzene rings is 1. The first-order valence-corrected chi connectivity index (χ1v) is 12.8. The van der Waals surface area contributed by atoms with E-state index in [0.717, 1.165) is 50.6 Å². The van der Waals surface area contributed by atoms with Crippen LogP contribution in [0.2, 0.25) is 0 Å². The SMILES string of the molecule is NC(=O)c1cccc(C2CC3CCC(C2)N3CCN(CC2CCCCC2)C(=O)[C@@H](O)CO)c1O. The summed E-state index contributed by atoms with van der Waals surface area (Å²) in [6, 6.07) is 5.95. The molecule has 0 aromatic heterocycles. The summed E-state index contributed by atoms with van der Waals surface area (Å²) >= 11 is 0. The second-order valence-corrected chi connectivity index (χ2v) is 10.4. The summed E-state index contributed by atoms with van der Waals surface area (Å²) in [6.45, 7) is 1.39. The molecule has 5 N–H and O–H groups in total. The lowest BCUT2D eigenvalue weighted by atomic mass is 9.83. The number of carbonyl (C=O) groups excluding carboxylic acids is 2. The number of carbonyl (C=O) groups is 2. The highest BCUT2D eigenvalue weighted by atomic mass is 16.3. The molecule has 2 aliphatic heterocycles. The van der Waals surface area contributed by atoms with Crippen molar-refractivity contribution in [2.24, 2.45) is 11.7 Å². The Hall–Kier alpha value is -2.16. The number of nitrogens with two attached hydrogens (primary N) is 1. The van der Waals surface area contributed by atoms with Crippen LogP contribution in [0.3, 0.4) is 0 Å². The monoisotopic (exact) mass is 473 g/mol. The molecule has 1 aromatic carbocycles. The van der Waals surface area contributed by atoms with Gasteiger partial charge in [-0.25, -0.2) is 0 Å². The Morgan fingerprint density at radius 2 is 1.76 bits per heavy atom. The Morgan fingerprint density at radius 1 is 1.09 bits per heavy atom. The third-order valence-electron chi connectivity index (χ3n) is 8.26. The van der Waals surface area contributed by atoms with Crippen LogP contribution in [0.25, 0.3) is 0 Å². The van der Waals surface area contributed by atoms with Crippen molar-refractivity contribution in [3.8, 4) is 5.75 Å². The molecule has 2 heterocycles. The summed E-state index contributed by atoms with van der Waals surface area (Å²) in [5, 5.41) is 30.0. The molecule has 188 valence electrons. The standard InChI is InChI=1S/C26H39N3O5/c27-25(33)22-8-4-7-21(24(22)32)18-13-19-9-10-20(14-18)29(19)12-11-28(26(34)23(31)16-30)15-17-5-2-1-3-6-17/h4,7-8,17-20,23,30-32H,1-3,5-6,9-16H2,(H2,27,33)/t18?,19?,20?,23-/m0/s1. The molecule has 2 unspecified atom stereocenters. The highest BCUT2D eigenvalue weighted by Crippen LogP contribution is 2.45. The number of aliphatic hydroxyl groups is 2. The van der Waals surface area contributed by atoms with Crippen LogP contribution >= 0.6 is 0 Å². The molecular weight excluding hydrogens is 434 g/mol. The van der Waals surface area contributed by atoms with Crippen molar-refractivity contribution in [2.45, 2.75) is 81.9 Å². The van der Waals surface area contributed by atoms with Crippen molar-refractivity contribution in [3.63, 3.8) is 0 Å². The van der Waals surface area contributed by atoms with Crippen molar-refractivity contribution in [2.75, 3.05) is 26.2 Å². The number of piperidine rings is 1. The third-order valence-corrected chi connectivity index (χ3v) is 8.26. The average molecular weight is 474 g/mol. The zero-order chi connectivity index (χ0) is 24.2. The van der Waals surface area contributed by atoms with Crippen LogP contribution < -0.4 is 5.73 Å². The van der Waals surface area contributed by atoms with Crippen LogP contribution in [0, 0.1) is 5.92 Å². The second kappa shape index (κ2) is 11.1. The highest BCUT2D eigenvalue weighted by molar-refractivity contribution is 5.96. The van der Waals surface area contributed by atoms with Crippen molar-refractivity contribution in [1.29, 1.82) is 0 Å². The summed E-state index contributed by atoms with van der Waals surface area (Å²) < 4.78 is 0. The quantitative estimate of drug-likeness (QED) is 0.434. The fourth-order valence-corrected chi connectivity index (χ4v) is 6.48. The molecular formula is C26H39N3O5. The number of aromatic hydroxyl groups is 1. The minimum Gasteiger partial charge on any atom is -0.507 e. The molecule has 0 spiro atoms. The molecule has 1 saturated carbocycles. The number of para-hydroxylation sites is 1. The van der Waals surface area contributed by atoms with Crippen molar-refractivity contribution < 1.29 is 24.9 Å². The van der Waals surface area contributed by atoms with Crippen LogP contribution in [-0.4, -0.2) is 81.4 Å². The van der Waals surface area contributed by atoms with Crippen molar-refractivity contribution in [3.05, 3.63) is 29.3 Å². The Labute approximate surface area is 201 Å². The number of hydrogen-bond donors (Lipinski definition) is 4. The van der Waals surface area contributed by atoms with E-state index in [1.165, 1.54) is 19.3 Å². The van der Waals surface area contributed by atoms with Crippen LogP contribution in [0.4, 0.5) is 0 Å². The molecule has 4 rings (SSSR count). The summed E-state index contributed by atoms with van der Waals surface area (Å²) in [6.07, 6.45) is 8.44. The minimum absolute atomic E-state index is 0.00935. The van der Waals surface area contributed by atoms with Crippen LogP contribution in [-0.2, 0) is 4.79 Å². The van der Waals surface area contributed by atoms with E-state index in [1.807, 2.05) is 6.07 Å². The van der Waals surface area contributed by atoms with Gasteiger partial charge in [0.25, 0.3) is 11.8 Å².